The summed E-state index contributed by atoms with van der Waals surface area (Å²) in [6, 6.07) is 16.5. The van der Waals surface area contributed by atoms with Crippen LogP contribution in [-0.2, 0) is 0 Å². The average molecular weight is 314 g/mol. The lowest BCUT2D eigenvalue weighted by molar-refractivity contribution is 0.272. The van der Waals surface area contributed by atoms with Gasteiger partial charge in [-0.25, -0.2) is 0 Å². The molecule has 0 bridgehead atoms. The Hall–Kier alpha value is -2.00. The molecule has 1 aliphatic rings. The van der Waals surface area contributed by atoms with Gasteiger partial charge in [0, 0.05) is 29.4 Å². The van der Waals surface area contributed by atoms with E-state index in [1.165, 1.54) is 11.3 Å². The molecule has 0 N–H and O–H groups in total. The molecule has 2 aromatic carbocycles. The zero-order valence-corrected chi connectivity index (χ0v) is 13.5. The van der Waals surface area contributed by atoms with Gasteiger partial charge in [-0.15, -0.1) is 0 Å². The minimum Gasteiger partial charge on any atom is -0.368 e. The predicted octanol–water partition coefficient (Wildman–Crippen LogP) is 3.80. The molecule has 0 atom stereocenters. The lowest BCUT2D eigenvalue weighted by Crippen LogP contribution is -2.44. The number of nitrogens with zero attached hydrogens (tertiary/aromatic N) is 3. The van der Waals surface area contributed by atoms with Crippen LogP contribution in [0.1, 0.15) is 11.1 Å². The summed E-state index contributed by atoms with van der Waals surface area (Å²) in [6.07, 6.45) is 1.85. The van der Waals surface area contributed by atoms with E-state index in [9.17, 15) is 0 Å². The van der Waals surface area contributed by atoms with Gasteiger partial charge >= 0.3 is 0 Å². The Morgan fingerprint density at radius 1 is 0.955 bits per heavy atom. The van der Waals surface area contributed by atoms with E-state index in [1.807, 2.05) is 30.5 Å². The van der Waals surface area contributed by atoms with Crippen molar-refractivity contribution in [1.29, 1.82) is 0 Å². The van der Waals surface area contributed by atoms with Crippen LogP contribution >= 0.6 is 11.6 Å². The normalized spacial score (nSPS) is 15.5. The van der Waals surface area contributed by atoms with Gasteiger partial charge in [0.25, 0.3) is 0 Å². The summed E-state index contributed by atoms with van der Waals surface area (Å²) in [7, 11) is 0. The fourth-order valence-electron chi connectivity index (χ4n) is 2.55. The first-order valence-electron chi connectivity index (χ1n) is 7.57. The molecule has 0 aromatic heterocycles. The van der Waals surface area contributed by atoms with Gasteiger partial charge in [0.15, 0.2) is 0 Å². The number of hydrogen-bond acceptors (Lipinski definition) is 3. The summed E-state index contributed by atoms with van der Waals surface area (Å²) >= 11 is 6.14. The number of rotatable bonds is 3. The molecular formula is C18H20ClN3. The van der Waals surface area contributed by atoms with E-state index in [0.29, 0.717) is 0 Å². The first-order valence-corrected chi connectivity index (χ1v) is 7.95. The molecule has 3 nitrogen and oxygen atoms in total. The fraction of sp³-hybridized carbons (Fsp3) is 0.278. The summed E-state index contributed by atoms with van der Waals surface area (Å²) in [4.78, 5) is 2.40. The second kappa shape index (κ2) is 6.84. The fourth-order valence-corrected chi connectivity index (χ4v) is 2.73. The van der Waals surface area contributed by atoms with E-state index < -0.39 is 0 Å². The number of hydrogen-bond donors (Lipinski definition) is 0. The van der Waals surface area contributed by atoms with Crippen LogP contribution in [0.25, 0.3) is 0 Å². The van der Waals surface area contributed by atoms with Crippen LogP contribution in [0.5, 0.6) is 0 Å². The number of halogens is 1. The molecule has 1 saturated heterocycles. The standard InChI is InChI=1S/C18H20ClN3/c1-15-6-8-17(9-7-15)21-10-12-22(13-11-21)20-14-16-4-2-3-5-18(16)19/h2-9,14H,10-13H2,1H3/b20-14-. The molecule has 114 valence electrons. The molecule has 0 saturated carbocycles. The van der Waals surface area contributed by atoms with Crippen molar-refractivity contribution < 1.29 is 0 Å². The third-order valence-electron chi connectivity index (χ3n) is 3.92. The Morgan fingerprint density at radius 2 is 1.64 bits per heavy atom. The van der Waals surface area contributed by atoms with E-state index in [2.05, 4.69) is 46.2 Å². The van der Waals surface area contributed by atoms with Gasteiger partial charge in [-0.05, 0) is 25.1 Å². The topological polar surface area (TPSA) is 18.8 Å². The van der Waals surface area contributed by atoms with Gasteiger partial charge in [-0.2, -0.15) is 5.10 Å². The monoisotopic (exact) mass is 313 g/mol. The zero-order valence-electron chi connectivity index (χ0n) is 12.7. The van der Waals surface area contributed by atoms with E-state index in [0.717, 1.165) is 36.8 Å². The summed E-state index contributed by atoms with van der Waals surface area (Å²) in [5.41, 5.74) is 3.55. The van der Waals surface area contributed by atoms with E-state index in [1.54, 1.807) is 0 Å². The molecular weight excluding hydrogens is 294 g/mol. The maximum Gasteiger partial charge on any atom is 0.0557 e. The Balaban J connectivity index is 1.58. The lowest BCUT2D eigenvalue weighted by Gasteiger charge is -2.34. The SMILES string of the molecule is Cc1ccc(N2CCN(/N=C\c3ccccc3Cl)CC2)cc1. The molecule has 0 amide bonds. The largest absolute Gasteiger partial charge is 0.368 e. The third-order valence-corrected chi connectivity index (χ3v) is 4.26. The smallest absolute Gasteiger partial charge is 0.0557 e. The molecule has 0 unspecified atom stereocenters. The molecule has 0 aliphatic carbocycles. The maximum absolute atomic E-state index is 6.14. The van der Waals surface area contributed by atoms with Gasteiger partial charge in [0.05, 0.1) is 19.3 Å². The summed E-state index contributed by atoms with van der Waals surface area (Å²) in [6.45, 7) is 5.95. The highest BCUT2D eigenvalue weighted by molar-refractivity contribution is 6.33. The average Bonchev–Trinajstić information content (AvgIpc) is 2.55. The molecule has 3 rings (SSSR count). The lowest BCUT2D eigenvalue weighted by atomic mass is 10.2. The Kier molecular flexibility index (Phi) is 4.64. The van der Waals surface area contributed by atoms with E-state index in [4.69, 9.17) is 11.6 Å². The molecule has 0 spiro atoms. The molecule has 1 aliphatic heterocycles. The van der Waals surface area contributed by atoms with Crippen molar-refractivity contribution in [3.63, 3.8) is 0 Å². The number of hydrazone groups is 1. The van der Waals surface area contributed by atoms with Crippen LogP contribution in [0.15, 0.2) is 53.6 Å². The molecule has 0 radical (unpaired) electrons. The van der Waals surface area contributed by atoms with Crippen LogP contribution in [0, 0.1) is 6.92 Å². The highest BCUT2D eigenvalue weighted by Crippen LogP contribution is 2.17. The Morgan fingerprint density at radius 3 is 2.32 bits per heavy atom. The quantitative estimate of drug-likeness (QED) is 0.803. The van der Waals surface area contributed by atoms with Crippen molar-refractivity contribution in [2.45, 2.75) is 6.92 Å². The predicted molar refractivity (Wildman–Crippen MR) is 94.0 cm³/mol. The second-order valence-electron chi connectivity index (χ2n) is 5.54. The summed E-state index contributed by atoms with van der Waals surface area (Å²) < 4.78 is 0. The minimum absolute atomic E-state index is 0.740. The van der Waals surface area contributed by atoms with Crippen molar-refractivity contribution in [2.75, 3.05) is 31.1 Å². The van der Waals surface area contributed by atoms with Gasteiger partial charge in [0.2, 0.25) is 0 Å². The maximum atomic E-state index is 6.14. The minimum atomic E-state index is 0.740. The van der Waals surface area contributed by atoms with E-state index in [-0.39, 0.29) is 0 Å². The number of benzene rings is 2. The Labute approximate surface area is 136 Å². The van der Waals surface area contributed by atoms with Crippen LogP contribution < -0.4 is 4.90 Å². The van der Waals surface area contributed by atoms with Crippen molar-refractivity contribution in [1.82, 2.24) is 5.01 Å². The van der Waals surface area contributed by atoms with Gasteiger partial charge in [0.1, 0.15) is 0 Å². The third kappa shape index (κ3) is 3.60. The first-order chi connectivity index (χ1) is 10.7. The molecule has 1 fully saturated rings. The molecule has 1 heterocycles. The summed E-state index contributed by atoms with van der Waals surface area (Å²) in [5, 5.41) is 7.40. The van der Waals surface area contributed by atoms with Crippen LogP contribution in [0.4, 0.5) is 5.69 Å². The van der Waals surface area contributed by atoms with E-state index >= 15 is 0 Å². The number of aryl methyl sites for hydroxylation is 1. The molecule has 4 heteroatoms. The highest BCUT2D eigenvalue weighted by atomic mass is 35.5. The van der Waals surface area contributed by atoms with Crippen molar-refractivity contribution >= 4 is 23.5 Å². The zero-order chi connectivity index (χ0) is 15.4. The van der Waals surface area contributed by atoms with Gasteiger partial charge in [-0.3, -0.25) is 5.01 Å². The molecule has 22 heavy (non-hydrogen) atoms. The summed E-state index contributed by atoms with van der Waals surface area (Å²) in [5.74, 6) is 0. The van der Waals surface area contributed by atoms with Crippen molar-refractivity contribution in [3.8, 4) is 0 Å². The second-order valence-corrected chi connectivity index (χ2v) is 5.95. The molecule has 2 aromatic rings. The van der Waals surface area contributed by atoms with Crippen LogP contribution in [0.3, 0.4) is 0 Å². The number of anilines is 1. The Bertz CT molecular complexity index is 644. The number of piperazine rings is 1. The highest BCUT2D eigenvalue weighted by Gasteiger charge is 2.15. The van der Waals surface area contributed by atoms with Gasteiger partial charge < -0.3 is 4.90 Å². The van der Waals surface area contributed by atoms with Crippen molar-refractivity contribution in [2.24, 2.45) is 5.10 Å². The van der Waals surface area contributed by atoms with Crippen LogP contribution in [-0.4, -0.2) is 37.4 Å². The van der Waals surface area contributed by atoms with Crippen LogP contribution in [0.2, 0.25) is 5.02 Å². The van der Waals surface area contributed by atoms with Crippen molar-refractivity contribution in [3.05, 3.63) is 64.7 Å². The van der Waals surface area contributed by atoms with Gasteiger partial charge in [-0.1, -0.05) is 47.5 Å². The first kappa shape index (κ1) is 14.9.